The number of aliphatic carboxylic acids is 1. The average Bonchev–Trinajstić information content (AvgIpc) is 2.63. The minimum absolute atomic E-state index is 0.171. The third-order valence-corrected chi connectivity index (χ3v) is 3.73. The van der Waals surface area contributed by atoms with Crippen LogP contribution < -0.4 is 10.5 Å². The van der Waals surface area contributed by atoms with Crippen molar-refractivity contribution in [3.63, 3.8) is 0 Å². The fourth-order valence-corrected chi connectivity index (χ4v) is 1.96. The Bertz CT molecular complexity index is 313. The smallest absolute Gasteiger partial charge is 0.323 e. The Morgan fingerprint density at radius 1 is 1.69 bits per heavy atom. The Balaban J connectivity index is 2.60. The number of hydrogen-bond acceptors (Lipinski definition) is 4. The first kappa shape index (κ1) is 10.4. The molecule has 0 aromatic heterocycles. The van der Waals surface area contributed by atoms with Gasteiger partial charge in [0, 0.05) is 12.1 Å². The standard InChI is InChI=1S/C6H12N2O4S/c1-3(6(9)10)13(11,12)8-5-2-4(5)7/h3-5,8H,2,7H2,1H3,(H,9,10). The molecule has 3 unspecified atom stereocenters. The lowest BCUT2D eigenvalue weighted by atomic mass is 10.5. The minimum Gasteiger partial charge on any atom is -0.480 e. The number of nitrogens with one attached hydrogen (secondary N) is 1. The van der Waals surface area contributed by atoms with Crippen LogP contribution in [0.3, 0.4) is 0 Å². The second-order valence-electron chi connectivity index (χ2n) is 3.15. The SMILES string of the molecule is CC(C(=O)O)S(=O)(=O)NC1CC1N. The molecule has 13 heavy (non-hydrogen) atoms. The van der Waals surface area contributed by atoms with Crippen LogP contribution in [0.2, 0.25) is 0 Å². The first-order valence-corrected chi connectivity index (χ1v) is 5.39. The second kappa shape index (κ2) is 3.24. The van der Waals surface area contributed by atoms with Gasteiger partial charge in [-0.1, -0.05) is 0 Å². The molecule has 0 aromatic carbocycles. The molecular weight excluding hydrogens is 196 g/mol. The van der Waals surface area contributed by atoms with Crippen molar-refractivity contribution in [1.82, 2.24) is 4.72 Å². The first-order chi connectivity index (χ1) is 5.84. The van der Waals surface area contributed by atoms with E-state index in [0.29, 0.717) is 6.42 Å². The molecule has 1 aliphatic carbocycles. The fourth-order valence-electron chi connectivity index (χ4n) is 0.796. The molecule has 1 aliphatic rings. The molecule has 0 aromatic rings. The van der Waals surface area contributed by atoms with E-state index in [1.165, 1.54) is 0 Å². The molecule has 76 valence electrons. The second-order valence-corrected chi connectivity index (χ2v) is 5.18. The van der Waals surface area contributed by atoms with Gasteiger partial charge in [-0.15, -0.1) is 0 Å². The molecule has 0 aliphatic heterocycles. The van der Waals surface area contributed by atoms with Crippen molar-refractivity contribution in [3.05, 3.63) is 0 Å². The molecule has 0 heterocycles. The van der Waals surface area contributed by atoms with Gasteiger partial charge >= 0.3 is 5.97 Å². The van der Waals surface area contributed by atoms with E-state index in [0.717, 1.165) is 6.92 Å². The topological polar surface area (TPSA) is 109 Å². The summed E-state index contributed by atoms with van der Waals surface area (Å²) in [5.74, 6) is -1.36. The Morgan fingerprint density at radius 2 is 2.15 bits per heavy atom. The molecule has 0 radical (unpaired) electrons. The van der Waals surface area contributed by atoms with Crippen LogP contribution in [0.4, 0.5) is 0 Å². The Labute approximate surface area is 76.2 Å². The van der Waals surface area contributed by atoms with Crippen molar-refractivity contribution < 1.29 is 18.3 Å². The Kier molecular flexibility index (Phi) is 2.60. The quantitative estimate of drug-likeness (QED) is 0.519. The largest absolute Gasteiger partial charge is 0.480 e. The maximum Gasteiger partial charge on any atom is 0.323 e. The summed E-state index contributed by atoms with van der Waals surface area (Å²) in [4.78, 5) is 10.4. The van der Waals surface area contributed by atoms with Gasteiger partial charge in [-0.25, -0.2) is 13.1 Å². The van der Waals surface area contributed by atoms with E-state index in [1.54, 1.807) is 0 Å². The number of carboxylic acids is 1. The summed E-state index contributed by atoms with van der Waals surface area (Å²) >= 11 is 0. The van der Waals surface area contributed by atoms with Crippen LogP contribution in [0.15, 0.2) is 0 Å². The van der Waals surface area contributed by atoms with Crippen molar-refractivity contribution in [1.29, 1.82) is 0 Å². The summed E-state index contributed by atoms with van der Waals surface area (Å²) in [5, 5.41) is 7.04. The van der Waals surface area contributed by atoms with Crippen LogP contribution in [0.1, 0.15) is 13.3 Å². The lowest BCUT2D eigenvalue weighted by molar-refractivity contribution is -0.136. The van der Waals surface area contributed by atoms with Crippen molar-refractivity contribution in [3.8, 4) is 0 Å². The van der Waals surface area contributed by atoms with Crippen LogP contribution in [0.25, 0.3) is 0 Å². The highest BCUT2D eigenvalue weighted by atomic mass is 32.2. The van der Waals surface area contributed by atoms with Crippen molar-refractivity contribution in [2.45, 2.75) is 30.7 Å². The Hall–Kier alpha value is -0.660. The summed E-state index contributed by atoms with van der Waals surface area (Å²) in [6.45, 7) is 1.12. The van der Waals surface area contributed by atoms with Crippen molar-refractivity contribution in [2.75, 3.05) is 0 Å². The zero-order valence-corrected chi connectivity index (χ0v) is 7.91. The molecule has 7 heteroatoms. The summed E-state index contributed by atoms with van der Waals surface area (Å²) in [6.07, 6.45) is 0.575. The summed E-state index contributed by atoms with van der Waals surface area (Å²) in [5.41, 5.74) is 5.38. The van der Waals surface area contributed by atoms with Gasteiger partial charge in [0.25, 0.3) is 0 Å². The van der Waals surface area contributed by atoms with Crippen molar-refractivity contribution >= 4 is 16.0 Å². The predicted molar refractivity (Wildman–Crippen MR) is 45.5 cm³/mol. The van der Waals surface area contributed by atoms with Gasteiger partial charge in [0.15, 0.2) is 5.25 Å². The van der Waals surface area contributed by atoms with Crippen LogP contribution >= 0.6 is 0 Å². The lowest BCUT2D eigenvalue weighted by Gasteiger charge is -2.08. The van der Waals surface area contributed by atoms with Gasteiger partial charge < -0.3 is 10.8 Å². The monoisotopic (exact) mass is 208 g/mol. The molecule has 1 saturated carbocycles. The molecule has 4 N–H and O–H groups in total. The number of rotatable bonds is 4. The highest BCUT2D eigenvalue weighted by Gasteiger charge is 2.39. The van der Waals surface area contributed by atoms with Crippen LogP contribution in [0, 0.1) is 0 Å². The zero-order chi connectivity index (χ0) is 10.2. The van der Waals surface area contributed by atoms with E-state index in [9.17, 15) is 13.2 Å². The summed E-state index contributed by atoms with van der Waals surface area (Å²) < 4.78 is 24.7. The van der Waals surface area contributed by atoms with Crippen LogP contribution in [-0.4, -0.2) is 36.8 Å². The Morgan fingerprint density at radius 3 is 2.46 bits per heavy atom. The zero-order valence-electron chi connectivity index (χ0n) is 7.10. The number of carboxylic acid groups (broad SMARTS) is 1. The third-order valence-electron chi connectivity index (χ3n) is 1.97. The maximum absolute atomic E-state index is 11.2. The van der Waals surface area contributed by atoms with E-state index >= 15 is 0 Å². The van der Waals surface area contributed by atoms with E-state index < -0.39 is 21.2 Å². The molecule has 1 rings (SSSR count). The predicted octanol–water partition coefficient (Wildman–Crippen LogP) is -1.52. The molecular formula is C6H12N2O4S. The van der Waals surface area contributed by atoms with Crippen molar-refractivity contribution in [2.24, 2.45) is 5.73 Å². The van der Waals surface area contributed by atoms with Gasteiger partial charge in [-0.3, -0.25) is 4.79 Å². The molecule has 0 amide bonds. The molecule has 0 saturated heterocycles. The summed E-state index contributed by atoms with van der Waals surface area (Å²) in [7, 11) is -3.76. The van der Waals surface area contributed by atoms with E-state index in [4.69, 9.17) is 10.8 Å². The normalized spacial score (nSPS) is 29.7. The van der Waals surface area contributed by atoms with E-state index in [2.05, 4.69) is 4.72 Å². The van der Waals surface area contributed by atoms with Gasteiger partial charge in [0.1, 0.15) is 0 Å². The number of nitrogens with two attached hydrogens (primary N) is 1. The van der Waals surface area contributed by atoms with Gasteiger partial charge in [-0.2, -0.15) is 0 Å². The van der Waals surface area contributed by atoms with E-state index in [-0.39, 0.29) is 12.1 Å². The number of sulfonamides is 1. The number of carbonyl (C=O) groups is 1. The molecule has 0 bridgehead atoms. The molecule has 6 nitrogen and oxygen atoms in total. The van der Waals surface area contributed by atoms with Gasteiger partial charge in [-0.05, 0) is 13.3 Å². The first-order valence-electron chi connectivity index (χ1n) is 3.84. The number of hydrogen-bond donors (Lipinski definition) is 3. The molecule has 1 fully saturated rings. The molecule has 0 spiro atoms. The summed E-state index contributed by atoms with van der Waals surface area (Å²) in [6, 6.07) is -0.456. The highest BCUT2D eigenvalue weighted by molar-refractivity contribution is 7.90. The van der Waals surface area contributed by atoms with Gasteiger partial charge in [0.2, 0.25) is 10.0 Å². The molecule has 3 atom stereocenters. The average molecular weight is 208 g/mol. The lowest BCUT2D eigenvalue weighted by Crippen LogP contribution is -2.40. The minimum atomic E-state index is -3.76. The van der Waals surface area contributed by atoms with Gasteiger partial charge in [0.05, 0.1) is 0 Å². The van der Waals surface area contributed by atoms with Crippen LogP contribution in [0.5, 0.6) is 0 Å². The van der Waals surface area contributed by atoms with Crippen LogP contribution in [-0.2, 0) is 14.8 Å². The highest BCUT2D eigenvalue weighted by Crippen LogP contribution is 2.19. The third kappa shape index (κ3) is 2.39. The maximum atomic E-state index is 11.2. The fraction of sp³-hybridized carbons (Fsp3) is 0.833. The van der Waals surface area contributed by atoms with E-state index in [1.807, 2.05) is 0 Å².